The molecule has 16 heavy (non-hydrogen) atoms. The second kappa shape index (κ2) is 4.28. The van der Waals surface area contributed by atoms with Crippen molar-refractivity contribution in [2.45, 2.75) is 39.2 Å². The third-order valence-corrected chi connectivity index (χ3v) is 3.40. The molecule has 1 amide bonds. The number of aryl methyl sites for hydroxylation is 2. The van der Waals surface area contributed by atoms with E-state index in [0.29, 0.717) is 11.7 Å². The molecule has 1 aliphatic rings. The van der Waals surface area contributed by atoms with E-state index < -0.39 is 0 Å². The summed E-state index contributed by atoms with van der Waals surface area (Å²) in [5, 5.41) is 4.25. The van der Waals surface area contributed by atoms with Crippen molar-refractivity contribution in [3.63, 3.8) is 0 Å². The van der Waals surface area contributed by atoms with Gasteiger partial charge in [-0.1, -0.05) is 0 Å². The minimum Gasteiger partial charge on any atom is -0.335 e. The van der Waals surface area contributed by atoms with Crippen LogP contribution in [0.2, 0.25) is 0 Å². The lowest BCUT2D eigenvalue weighted by Crippen LogP contribution is -2.42. The molecule has 0 radical (unpaired) electrons. The van der Waals surface area contributed by atoms with Crippen LogP contribution in [0, 0.1) is 6.92 Å². The molecule has 0 spiro atoms. The third-order valence-electron chi connectivity index (χ3n) is 3.40. The van der Waals surface area contributed by atoms with Crippen molar-refractivity contribution < 1.29 is 4.79 Å². The third kappa shape index (κ3) is 1.96. The summed E-state index contributed by atoms with van der Waals surface area (Å²) in [4.78, 5) is 14.2. The van der Waals surface area contributed by atoms with Crippen molar-refractivity contribution in [2.75, 3.05) is 6.54 Å². The molecule has 0 saturated carbocycles. The number of aromatic nitrogens is 2. The largest absolute Gasteiger partial charge is 0.335 e. The summed E-state index contributed by atoms with van der Waals surface area (Å²) in [5.74, 6) is 0.0795. The monoisotopic (exact) mass is 221 g/mol. The normalized spacial score (nSPS) is 21.2. The minimum atomic E-state index is 0.0795. The summed E-state index contributed by atoms with van der Waals surface area (Å²) in [7, 11) is 1.87. The molecule has 1 aromatic heterocycles. The SMILES string of the molecule is Cc1cc(C(=O)N2CCCCC2C)nn1C. The molecule has 4 nitrogen and oxygen atoms in total. The first-order valence-electron chi connectivity index (χ1n) is 5.91. The van der Waals surface area contributed by atoms with Gasteiger partial charge in [0.05, 0.1) is 0 Å². The molecule has 1 atom stereocenters. The maximum absolute atomic E-state index is 12.2. The van der Waals surface area contributed by atoms with E-state index in [1.807, 2.05) is 24.9 Å². The predicted molar refractivity (Wildman–Crippen MR) is 62.3 cm³/mol. The Balaban J connectivity index is 2.17. The van der Waals surface area contributed by atoms with Crippen LogP contribution in [0.5, 0.6) is 0 Å². The van der Waals surface area contributed by atoms with Crippen LogP contribution in [0.3, 0.4) is 0 Å². The van der Waals surface area contributed by atoms with Gasteiger partial charge in [-0.25, -0.2) is 0 Å². The highest BCUT2D eigenvalue weighted by Gasteiger charge is 2.25. The van der Waals surface area contributed by atoms with E-state index in [1.54, 1.807) is 4.68 Å². The summed E-state index contributed by atoms with van der Waals surface area (Å²) in [6, 6.07) is 2.22. The predicted octanol–water partition coefficient (Wildman–Crippen LogP) is 1.74. The second-order valence-corrected chi connectivity index (χ2v) is 4.64. The molecule has 0 bridgehead atoms. The lowest BCUT2D eigenvalue weighted by molar-refractivity contribution is 0.0628. The molecule has 0 N–H and O–H groups in total. The molecule has 1 aromatic rings. The average Bonchev–Trinajstić information content (AvgIpc) is 2.59. The topological polar surface area (TPSA) is 38.1 Å². The van der Waals surface area contributed by atoms with Gasteiger partial charge in [-0.2, -0.15) is 5.10 Å². The summed E-state index contributed by atoms with van der Waals surface area (Å²) < 4.78 is 1.75. The smallest absolute Gasteiger partial charge is 0.274 e. The molecular formula is C12H19N3O. The van der Waals surface area contributed by atoms with Crippen LogP contribution < -0.4 is 0 Å². The first-order chi connectivity index (χ1) is 7.59. The highest BCUT2D eigenvalue weighted by atomic mass is 16.2. The van der Waals surface area contributed by atoms with Crippen molar-refractivity contribution in [1.29, 1.82) is 0 Å². The Labute approximate surface area is 96.2 Å². The molecule has 1 fully saturated rings. The molecule has 1 saturated heterocycles. The number of likely N-dealkylation sites (tertiary alicyclic amines) is 1. The molecule has 1 aliphatic heterocycles. The first-order valence-corrected chi connectivity index (χ1v) is 5.91. The lowest BCUT2D eigenvalue weighted by Gasteiger charge is -2.32. The van der Waals surface area contributed by atoms with Gasteiger partial charge in [-0.3, -0.25) is 9.48 Å². The number of hydrogen-bond donors (Lipinski definition) is 0. The first kappa shape index (κ1) is 11.2. The van der Waals surface area contributed by atoms with Gasteiger partial charge in [0.15, 0.2) is 5.69 Å². The number of carbonyl (C=O) groups excluding carboxylic acids is 1. The highest BCUT2D eigenvalue weighted by Crippen LogP contribution is 2.18. The van der Waals surface area contributed by atoms with Crippen LogP contribution in [-0.2, 0) is 7.05 Å². The summed E-state index contributed by atoms with van der Waals surface area (Å²) in [6.45, 7) is 4.95. The molecule has 4 heteroatoms. The molecule has 0 aliphatic carbocycles. The molecular weight excluding hydrogens is 202 g/mol. The van der Waals surface area contributed by atoms with Crippen molar-refractivity contribution >= 4 is 5.91 Å². The van der Waals surface area contributed by atoms with Crippen molar-refractivity contribution in [3.05, 3.63) is 17.5 Å². The fraction of sp³-hybridized carbons (Fsp3) is 0.667. The van der Waals surface area contributed by atoms with Crippen molar-refractivity contribution in [3.8, 4) is 0 Å². The summed E-state index contributed by atoms with van der Waals surface area (Å²) >= 11 is 0. The Morgan fingerprint density at radius 2 is 2.25 bits per heavy atom. The van der Waals surface area contributed by atoms with Crippen LogP contribution in [0.4, 0.5) is 0 Å². The highest BCUT2D eigenvalue weighted by molar-refractivity contribution is 5.92. The van der Waals surface area contributed by atoms with E-state index in [0.717, 1.165) is 25.1 Å². The Hall–Kier alpha value is -1.32. The number of rotatable bonds is 1. The van der Waals surface area contributed by atoms with Gasteiger partial charge in [0.2, 0.25) is 0 Å². The number of hydrogen-bond acceptors (Lipinski definition) is 2. The van der Waals surface area contributed by atoms with Gasteiger partial charge in [-0.15, -0.1) is 0 Å². The quantitative estimate of drug-likeness (QED) is 0.724. The van der Waals surface area contributed by atoms with E-state index >= 15 is 0 Å². The van der Waals surface area contributed by atoms with Gasteiger partial charge >= 0.3 is 0 Å². The minimum absolute atomic E-state index is 0.0795. The van der Waals surface area contributed by atoms with Crippen molar-refractivity contribution in [1.82, 2.24) is 14.7 Å². The standard InChI is InChI=1S/C12H19N3O/c1-9-6-4-5-7-15(9)12(16)11-8-10(2)14(3)13-11/h8-9H,4-7H2,1-3H3. The number of piperidine rings is 1. The zero-order valence-corrected chi connectivity index (χ0v) is 10.2. The maximum atomic E-state index is 12.2. The van der Waals surface area contributed by atoms with Crippen molar-refractivity contribution in [2.24, 2.45) is 7.05 Å². The van der Waals surface area contributed by atoms with Gasteiger partial charge in [0.1, 0.15) is 0 Å². The van der Waals surface area contributed by atoms with E-state index in [1.165, 1.54) is 6.42 Å². The maximum Gasteiger partial charge on any atom is 0.274 e. The molecule has 2 heterocycles. The van der Waals surface area contributed by atoms with Gasteiger partial charge < -0.3 is 4.90 Å². The molecule has 1 unspecified atom stereocenters. The van der Waals surface area contributed by atoms with Crippen LogP contribution >= 0.6 is 0 Å². The van der Waals surface area contributed by atoms with Gasteiger partial charge in [0, 0.05) is 25.3 Å². The van der Waals surface area contributed by atoms with Crippen LogP contribution in [-0.4, -0.2) is 33.2 Å². The van der Waals surface area contributed by atoms with Crippen LogP contribution in [0.15, 0.2) is 6.07 Å². The van der Waals surface area contributed by atoms with Gasteiger partial charge in [-0.05, 0) is 39.2 Å². The Kier molecular flexibility index (Phi) is 2.99. The Morgan fingerprint density at radius 1 is 1.50 bits per heavy atom. The molecule has 88 valence electrons. The van der Waals surface area contributed by atoms with Crippen LogP contribution in [0.1, 0.15) is 42.4 Å². The summed E-state index contributed by atoms with van der Waals surface area (Å²) in [6.07, 6.45) is 3.45. The Bertz CT molecular complexity index is 377. The average molecular weight is 221 g/mol. The summed E-state index contributed by atoms with van der Waals surface area (Å²) in [5.41, 5.74) is 1.60. The van der Waals surface area contributed by atoms with Crippen LogP contribution in [0.25, 0.3) is 0 Å². The zero-order valence-electron chi connectivity index (χ0n) is 10.2. The molecule has 2 rings (SSSR count). The van der Waals surface area contributed by atoms with Gasteiger partial charge in [0.25, 0.3) is 5.91 Å². The lowest BCUT2D eigenvalue weighted by atomic mass is 10.0. The van der Waals surface area contributed by atoms with E-state index in [9.17, 15) is 4.79 Å². The zero-order chi connectivity index (χ0) is 11.7. The fourth-order valence-corrected chi connectivity index (χ4v) is 2.21. The number of amides is 1. The van der Waals surface area contributed by atoms with E-state index in [4.69, 9.17) is 0 Å². The second-order valence-electron chi connectivity index (χ2n) is 4.64. The Morgan fingerprint density at radius 3 is 2.81 bits per heavy atom. The molecule has 0 aromatic carbocycles. The number of nitrogens with zero attached hydrogens (tertiary/aromatic N) is 3. The van der Waals surface area contributed by atoms with E-state index in [2.05, 4.69) is 12.0 Å². The number of carbonyl (C=O) groups is 1. The fourth-order valence-electron chi connectivity index (χ4n) is 2.21. The van der Waals surface area contributed by atoms with E-state index in [-0.39, 0.29) is 5.91 Å².